The molecule has 2 aromatic rings. The van der Waals surface area contributed by atoms with E-state index in [2.05, 4.69) is 37.4 Å². The molecule has 70 valence electrons. The second kappa shape index (κ2) is 4.11. The van der Waals surface area contributed by atoms with E-state index in [-0.39, 0.29) is 0 Å². The van der Waals surface area contributed by atoms with E-state index in [0.29, 0.717) is 0 Å². The van der Waals surface area contributed by atoms with Crippen LogP contribution in [-0.4, -0.2) is 0 Å². The van der Waals surface area contributed by atoms with Crippen molar-refractivity contribution in [1.82, 2.24) is 0 Å². The predicted molar refractivity (Wildman–Crippen MR) is 66.4 cm³/mol. The molecule has 0 bridgehead atoms. The van der Waals surface area contributed by atoms with Gasteiger partial charge in [-0.2, -0.15) is 0 Å². The molecule has 0 amide bonds. The van der Waals surface area contributed by atoms with Crippen LogP contribution in [0.15, 0.2) is 58.3 Å². The molecule has 0 aromatic heterocycles. The van der Waals surface area contributed by atoms with Gasteiger partial charge in [0.1, 0.15) is 0 Å². The summed E-state index contributed by atoms with van der Waals surface area (Å²) in [7, 11) is 0. The third kappa shape index (κ3) is 1.97. The fourth-order valence-corrected chi connectivity index (χ4v) is 2.03. The smallest absolute Gasteiger partial charge is 0.0130 e. The van der Waals surface area contributed by atoms with E-state index < -0.39 is 0 Å². The van der Waals surface area contributed by atoms with Gasteiger partial charge in [-0.3, -0.25) is 0 Å². The van der Waals surface area contributed by atoms with Crippen molar-refractivity contribution in [3.63, 3.8) is 0 Å². The lowest BCUT2D eigenvalue weighted by atomic mass is 10.1. The second-order valence-corrected chi connectivity index (χ2v) is 4.07. The monoisotopic (exact) mass is 218 g/mol. The molecule has 0 N–H and O–H groups in total. The van der Waals surface area contributed by atoms with Crippen LogP contribution in [0.5, 0.6) is 0 Å². The van der Waals surface area contributed by atoms with Gasteiger partial charge >= 0.3 is 0 Å². The molecule has 0 fully saturated rings. The Bertz CT molecular complexity index is 435. The molecule has 0 saturated carbocycles. The maximum atomic E-state index is 4.43. The highest BCUT2D eigenvalue weighted by atomic mass is 32.1. The van der Waals surface area contributed by atoms with E-state index in [1.54, 1.807) is 0 Å². The molecule has 0 aliphatic heterocycles. The molecule has 0 nitrogen and oxygen atoms in total. The molecule has 0 radical (unpaired) electrons. The molecule has 14 heavy (non-hydrogen) atoms. The van der Waals surface area contributed by atoms with E-state index in [0.717, 1.165) is 15.4 Å². The largest absolute Gasteiger partial charge is 0.143 e. The van der Waals surface area contributed by atoms with Crippen LogP contribution in [0, 0.1) is 0 Å². The van der Waals surface area contributed by atoms with Crippen LogP contribution in [0.2, 0.25) is 0 Å². The minimum atomic E-state index is 0.940. The van der Waals surface area contributed by atoms with Crippen molar-refractivity contribution in [3.8, 4) is 11.1 Å². The van der Waals surface area contributed by atoms with E-state index in [9.17, 15) is 0 Å². The third-order valence-corrected chi connectivity index (χ3v) is 2.71. The lowest BCUT2D eigenvalue weighted by Crippen LogP contribution is -1.79. The van der Waals surface area contributed by atoms with Gasteiger partial charge in [-0.05, 0) is 23.3 Å². The molecule has 0 saturated heterocycles. The fourth-order valence-electron chi connectivity index (χ4n) is 1.38. The summed E-state index contributed by atoms with van der Waals surface area (Å²) < 4.78 is 0. The van der Waals surface area contributed by atoms with Crippen molar-refractivity contribution < 1.29 is 0 Å². The quantitative estimate of drug-likeness (QED) is 0.666. The Morgan fingerprint density at radius 3 is 2.14 bits per heavy atom. The molecular formula is C12H10S2. The van der Waals surface area contributed by atoms with Crippen LogP contribution in [-0.2, 0) is 0 Å². The molecule has 2 aromatic carbocycles. The highest BCUT2D eigenvalue weighted by molar-refractivity contribution is 7.81. The summed E-state index contributed by atoms with van der Waals surface area (Å²) in [6, 6.07) is 16.2. The molecule has 2 heteroatoms. The summed E-state index contributed by atoms with van der Waals surface area (Å²) in [5, 5.41) is 0. The van der Waals surface area contributed by atoms with Gasteiger partial charge in [0.15, 0.2) is 0 Å². The SMILES string of the molecule is Sc1ccc(-c2ccccc2)c(S)c1. The molecule has 2 rings (SSSR count). The minimum absolute atomic E-state index is 0.940. The van der Waals surface area contributed by atoms with Gasteiger partial charge in [0, 0.05) is 9.79 Å². The lowest BCUT2D eigenvalue weighted by Gasteiger charge is -2.05. The predicted octanol–water partition coefficient (Wildman–Crippen LogP) is 3.93. The zero-order valence-corrected chi connectivity index (χ0v) is 9.30. The topological polar surface area (TPSA) is 0 Å². The Hall–Kier alpha value is -0.860. The third-order valence-electron chi connectivity index (χ3n) is 2.07. The van der Waals surface area contributed by atoms with E-state index in [4.69, 9.17) is 0 Å². The van der Waals surface area contributed by atoms with E-state index in [1.165, 1.54) is 5.56 Å². The van der Waals surface area contributed by atoms with Crippen LogP contribution < -0.4 is 0 Å². The van der Waals surface area contributed by atoms with Crippen molar-refractivity contribution in [3.05, 3.63) is 48.5 Å². The molecule has 0 atom stereocenters. The van der Waals surface area contributed by atoms with Gasteiger partial charge in [-0.15, -0.1) is 25.3 Å². The fraction of sp³-hybridized carbons (Fsp3) is 0. The molecule has 0 aliphatic carbocycles. The van der Waals surface area contributed by atoms with Gasteiger partial charge < -0.3 is 0 Å². The second-order valence-electron chi connectivity index (χ2n) is 3.07. The Balaban J connectivity index is 2.53. The van der Waals surface area contributed by atoms with Crippen molar-refractivity contribution in [1.29, 1.82) is 0 Å². The van der Waals surface area contributed by atoms with E-state index in [1.807, 2.05) is 36.4 Å². The first kappa shape index (κ1) is 9.69. The Morgan fingerprint density at radius 1 is 0.786 bits per heavy atom. The number of rotatable bonds is 1. The van der Waals surface area contributed by atoms with Gasteiger partial charge in [-0.1, -0.05) is 36.4 Å². The maximum Gasteiger partial charge on any atom is 0.0130 e. The van der Waals surface area contributed by atoms with Crippen molar-refractivity contribution >= 4 is 25.3 Å². The van der Waals surface area contributed by atoms with Crippen LogP contribution in [0.3, 0.4) is 0 Å². The molecule has 0 aliphatic rings. The summed E-state index contributed by atoms with van der Waals surface area (Å²) in [4.78, 5) is 1.90. The summed E-state index contributed by atoms with van der Waals surface area (Å²) in [5.74, 6) is 0. The summed E-state index contributed by atoms with van der Waals surface area (Å²) in [6.07, 6.45) is 0. The number of hydrogen-bond donors (Lipinski definition) is 2. The molecular weight excluding hydrogens is 208 g/mol. The summed E-state index contributed by atoms with van der Waals surface area (Å²) in [6.45, 7) is 0. The van der Waals surface area contributed by atoms with E-state index >= 15 is 0 Å². The first-order valence-corrected chi connectivity index (χ1v) is 5.24. The van der Waals surface area contributed by atoms with Crippen molar-refractivity contribution in [2.24, 2.45) is 0 Å². The van der Waals surface area contributed by atoms with Crippen LogP contribution >= 0.6 is 25.3 Å². The van der Waals surface area contributed by atoms with Gasteiger partial charge in [-0.25, -0.2) is 0 Å². The van der Waals surface area contributed by atoms with Gasteiger partial charge in [0.25, 0.3) is 0 Å². The van der Waals surface area contributed by atoms with Crippen molar-refractivity contribution in [2.45, 2.75) is 9.79 Å². The van der Waals surface area contributed by atoms with Crippen molar-refractivity contribution in [2.75, 3.05) is 0 Å². The lowest BCUT2D eigenvalue weighted by molar-refractivity contribution is 1.34. The Morgan fingerprint density at radius 2 is 1.50 bits per heavy atom. The Labute approximate surface area is 94.8 Å². The van der Waals surface area contributed by atoms with Gasteiger partial charge in [0.05, 0.1) is 0 Å². The summed E-state index contributed by atoms with van der Waals surface area (Å²) in [5.41, 5.74) is 2.33. The normalized spacial score (nSPS) is 10.1. The number of thiol groups is 2. The van der Waals surface area contributed by atoms with Gasteiger partial charge in [0.2, 0.25) is 0 Å². The highest BCUT2D eigenvalue weighted by Gasteiger charge is 2.01. The zero-order valence-electron chi connectivity index (χ0n) is 7.51. The maximum absolute atomic E-state index is 4.43. The van der Waals surface area contributed by atoms with Crippen LogP contribution in [0.1, 0.15) is 0 Å². The first-order valence-electron chi connectivity index (χ1n) is 4.35. The molecule has 0 heterocycles. The standard InChI is InChI=1S/C12H10S2/c13-10-6-7-11(12(14)8-10)9-4-2-1-3-5-9/h1-8,13-14H. The average Bonchev–Trinajstić information content (AvgIpc) is 2.19. The molecule has 0 spiro atoms. The average molecular weight is 218 g/mol. The molecule has 0 unspecified atom stereocenters. The summed E-state index contributed by atoms with van der Waals surface area (Å²) >= 11 is 8.70. The first-order chi connectivity index (χ1) is 6.77. The Kier molecular flexibility index (Phi) is 2.85. The minimum Gasteiger partial charge on any atom is -0.143 e. The highest BCUT2D eigenvalue weighted by Crippen LogP contribution is 2.27. The number of hydrogen-bond acceptors (Lipinski definition) is 2. The van der Waals surface area contributed by atoms with Crippen LogP contribution in [0.4, 0.5) is 0 Å². The van der Waals surface area contributed by atoms with Crippen LogP contribution in [0.25, 0.3) is 11.1 Å². The zero-order chi connectivity index (χ0) is 9.97. The number of benzene rings is 2.